The number of anilines is 6. The Bertz CT molecular complexity index is 3920. The number of aromatic nitrogens is 3. The normalized spacial score (nSPS) is 13.6. The van der Waals surface area contributed by atoms with Gasteiger partial charge in [0.15, 0.2) is 17.5 Å². The lowest BCUT2D eigenvalue weighted by molar-refractivity contribution is 0.568. The standard InChI is InChI=1S/C81H86BN5/c1-76(2,3)58-31-35-64(36-32-58)86-68-39-29-53(51-25-21-19-22-26-51)45-66(68)82-67-46-54(52-27-23-20-24-28-52)30-40-69(67)87(65-37-33-59(34-38-65)77(4,5)6)71-48-57(47-70(86)72(71)82)75-84-73(55-41-60(78(7,8)9)49-61(42-55)79(10,11)12)83-74(85-75)56-43-62(80(13,14)15)50-63(44-56)81(16,17)18/h19-50H,1-18H3. The Morgan fingerprint density at radius 3 is 0.851 bits per heavy atom. The van der Waals surface area contributed by atoms with E-state index in [1.54, 1.807) is 0 Å². The highest BCUT2D eigenvalue weighted by Crippen LogP contribution is 2.48. The van der Waals surface area contributed by atoms with E-state index in [0.29, 0.717) is 17.5 Å². The first kappa shape index (κ1) is 59.0. The molecular formula is C81H86BN5. The van der Waals surface area contributed by atoms with E-state index in [-0.39, 0.29) is 39.2 Å². The maximum atomic E-state index is 5.74. The summed E-state index contributed by atoms with van der Waals surface area (Å²) in [5, 5.41) is 0. The minimum absolute atomic E-state index is 0.0372. The Morgan fingerprint density at radius 1 is 0.253 bits per heavy atom. The summed E-state index contributed by atoms with van der Waals surface area (Å²) in [7, 11) is 0. The molecule has 6 heteroatoms. The van der Waals surface area contributed by atoms with Gasteiger partial charge in [-0.05, 0) is 177 Å². The number of nitrogens with zero attached hydrogens (tertiary/aromatic N) is 5. The topological polar surface area (TPSA) is 45.2 Å². The van der Waals surface area contributed by atoms with E-state index in [1.807, 2.05) is 0 Å². The van der Waals surface area contributed by atoms with Gasteiger partial charge >= 0.3 is 0 Å². The second kappa shape index (κ2) is 21.2. The van der Waals surface area contributed by atoms with Gasteiger partial charge in [0, 0.05) is 50.8 Å². The molecule has 12 rings (SSSR count). The quantitative estimate of drug-likeness (QED) is 0.149. The van der Waals surface area contributed by atoms with E-state index in [0.717, 1.165) is 50.8 Å². The fourth-order valence-corrected chi connectivity index (χ4v) is 12.5. The summed E-state index contributed by atoms with van der Waals surface area (Å²) in [6, 6.07) is 73.4. The van der Waals surface area contributed by atoms with Gasteiger partial charge in [0.2, 0.25) is 0 Å². The van der Waals surface area contributed by atoms with Crippen molar-refractivity contribution < 1.29 is 0 Å². The molecule has 438 valence electrons. The monoisotopic (exact) mass is 1140 g/mol. The minimum atomic E-state index is -0.159. The third-order valence-electron chi connectivity index (χ3n) is 18.0. The molecule has 0 fully saturated rings. The Labute approximate surface area is 520 Å². The molecule has 0 bridgehead atoms. The van der Waals surface area contributed by atoms with Crippen LogP contribution < -0.4 is 26.2 Å². The van der Waals surface area contributed by atoms with Crippen LogP contribution in [0, 0.1) is 0 Å². The highest BCUT2D eigenvalue weighted by atomic mass is 15.2. The molecule has 5 nitrogen and oxygen atoms in total. The zero-order valence-electron chi connectivity index (χ0n) is 54.8. The van der Waals surface area contributed by atoms with Crippen LogP contribution in [0.25, 0.3) is 56.4 Å². The molecule has 1 aromatic heterocycles. The lowest BCUT2D eigenvalue weighted by atomic mass is 9.33. The van der Waals surface area contributed by atoms with Crippen molar-refractivity contribution in [2.24, 2.45) is 0 Å². The Kier molecular flexibility index (Phi) is 14.4. The predicted molar refractivity (Wildman–Crippen MR) is 373 cm³/mol. The number of benzene rings is 9. The average molecular weight is 1140 g/mol. The Morgan fingerprint density at radius 2 is 0.552 bits per heavy atom. The zero-order valence-corrected chi connectivity index (χ0v) is 54.8. The van der Waals surface area contributed by atoms with Crippen molar-refractivity contribution >= 4 is 57.2 Å². The smallest absolute Gasteiger partial charge is 0.252 e. The molecule has 0 spiro atoms. The summed E-state index contributed by atoms with van der Waals surface area (Å²) in [5.74, 6) is 1.91. The van der Waals surface area contributed by atoms with E-state index in [4.69, 9.17) is 15.0 Å². The van der Waals surface area contributed by atoms with E-state index in [2.05, 4.69) is 329 Å². The van der Waals surface area contributed by atoms with Crippen molar-refractivity contribution in [2.75, 3.05) is 9.80 Å². The fourth-order valence-electron chi connectivity index (χ4n) is 12.5. The van der Waals surface area contributed by atoms with E-state index < -0.39 is 0 Å². The first-order valence-corrected chi connectivity index (χ1v) is 31.4. The van der Waals surface area contributed by atoms with Crippen LogP contribution >= 0.6 is 0 Å². The van der Waals surface area contributed by atoms with Crippen LogP contribution in [-0.4, -0.2) is 21.7 Å². The number of fused-ring (bicyclic) bond motifs is 4. The van der Waals surface area contributed by atoms with Gasteiger partial charge in [-0.2, -0.15) is 0 Å². The van der Waals surface area contributed by atoms with Crippen LogP contribution in [0.4, 0.5) is 34.1 Å². The molecule has 0 aliphatic carbocycles. The molecular weight excluding hydrogens is 1050 g/mol. The first-order valence-electron chi connectivity index (χ1n) is 31.4. The molecule has 3 heterocycles. The molecule has 0 saturated heterocycles. The third-order valence-corrected chi connectivity index (χ3v) is 18.0. The molecule has 2 aliphatic rings. The highest BCUT2D eigenvalue weighted by molar-refractivity contribution is 7.00. The largest absolute Gasteiger partial charge is 0.311 e. The Balaban J connectivity index is 1.22. The van der Waals surface area contributed by atoms with Crippen molar-refractivity contribution in [3.63, 3.8) is 0 Å². The molecule has 9 aromatic carbocycles. The molecule has 0 N–H and O–H groups in total. The molecule has 0 amide bonds. The van der Waals surface area contributed by atoms with Crippen LogP contribution in [-0.2, 0) is 32.5 Å². The molecule has 87 heavy (non-hydrogen) atoms. The maximum Gasteiger partial charge on any atom is 0.252 e. The van der Waals surface area contributed by atoms with Gasteiger partial charge in [-0.3, -0.25) is 0 Å². The Hall–Kier alpha value is -8.35. The molecule has 0 radical (unpaired) electrons. The molecule has 0 unspecified atom stereocenters. The van der Waals surface area contributed by atoms with Crippen LogP contribution in [0.3, 0.4) is 0 Å². The van der Waals surface area contributed by atoms with Crippen molar-refractivity contribution in [3.8, 4) is 56.4 Å². The van der Waals surface area contributed by atoms with E-state index in [9.17, 15) is 0 Å². The molecule has 10 aromatic rings. The van der Waals surface area contributed by atoms with Gasteiger partial charge in [0.05, 0.1) is 0 Å². The van der Waals surface area contributed by atoms with Gasteiger partial charge < -0.3 is 9.80 Å². The van der Waals surface area contributed by atoms with E-state index >= 15 is 0 Å². The predicted octanol–water partition coefficient (Wildman–Crippen LogP) is 20.1. The first-order chi connectivity index (χ1) is 40.9. The van der Waals surface area contributed by atoms with Crippen LogP contribution in [0.5, 0.6) is 0 Å². The van der Waals surface area contributed by atoms with Gasteiger partial charge in [-0.15, -0.1) is 0 Å². The molecule has 2 aliphatic heterocycles. The fraction of sp³-hybridized carbons (Fsp3) is 0.296. The summed E-state index contributed by atoms with van der Waals surface area (Å²) in [5.41, 5.74) is 24.9. The van der Waals surface area contributed by atoms with Crippen LogP contribution in [0.2, 0.25) is 0 Å². The van der Waals surface area contributed by atoms with Crippen molar-refractivity contribution in [1.82, 2.24) is 15.0 Å². The lowest BCUT2D eigenvalue weighted by Crippen LogP contribution is -2.61. The second-order valence-electron chi connectivity index (χ2n) is 30.8. The lowest BCUT2D eigenvalue weighted by Gasteiger charge is -2.44. The second-order valence-corrected chi connectivity index (χ2v) is 30.8. The average Bonchev–Trinajstić information content (AvgIpc) is 0.828. The summed E-state index contributed by atoms with van der Waals surface area (Å²) < 4.78 is 0. The minimum Gasteiger partial charge on any atom is -0.311 e. The third kappa shape index (κ3) is 11.4. The van der Waals surface area contributed by atoms with Crippen LogP contribution in [0.15, 0.2) is 194 Å². The van der Waals surface area contributed by atoms with Crippen LogP contribution in [0.1, 0.15) is 158 Å². The summed E-state index contributed by atoms with van der Waals surface area (Å²) >= 11 is 0. The van der Waals surface area contributed by atoms with Gasteiger partial charge in [0.1, 0.15) is 0 Å². The van der Waals surface area contributed by atoms with Crippen molar-refractivity contribution in [2.45, 2.75) is 157 Å². The maximum absolute atomic E-state index is 5.74. The SMILES string of the molecule is CC(C)(C)c1ccc(N2c3ccc(-c4ccccc4)cc3B3c4cc(-c5ccccc5)ccc4N(c4ccc(C(C)(C)C)cc4)c4cc(-c5nc(-c6cc(C(C)(C)C)cc(C(C)(C)C)c6)nc(-c6cc(C(C)(C)C)cc(C(C)(C)C)c6)n5)cc2c43)cc1. The van der Waals surface area contributed by atoms with Gasteiger partial charge in [-0.1, -0.05) is 246 Å². The number of hydrogen-bond acceptors (Lipinski definition) is 5. The van der Waals surface area contributed by atoms with Crippen molar-refractivity contribution in [3.05, 3.63) is 228 Å². The molecule has 0 atom stereocenters. The highest BCUT2D eigenvalue weighted by Gasteiger charge is 2.44. The summed E-state index contributed by atoms with van der Waals surface area (Å²) in [6.45, 7) is 41.2. The zero-order chi connectivity index (χ0) is 61.9. The van der Waals surface area contributed by atoms with Gasteiger partial charge in [-0.25, -0.2) is 15.0 Å². The van der Waals surface area contributed by atoms with E-state index in [1.165, 1.54) is 72.0 Å². The molecule has 0 saturated carbocycles. The number of rotatable bonds is 7. The van der Waals surface area contributed by atoms with Gasteiger partial charge in [0.25, 0.3) is 6.71 Å². The number of hydrogen-bond donors (Lipinski definition) is 0. The summed E-state index contributed by atoms with van der Waals surface area (Å²) in [4.78, 5) is 22.1. The summed E-state index contributed by atoms with van der Waals surface area (Å²) in [6.07, 6.45) is 0. The van der Waals surface area contributed by atoms with Crippen molar-refractivity contribution in [1.29, 1.82) is 0 Å².